The normalized spacial score (nSPS) is 11.9. The van der Waals surface area contributed by atoms with Gasteiger partial charge in [-0.1, -0.05) is 179 Å². The van der Waals surface area contributed by atoms with Crippen LogP contribution in [0.1, 0.15) is 246 Å². The molecule has 1 aliphatic carbocycles. The van der Waals surface area contributed by atoms with E-state index in [-0.39, 0.29) is 21.7 Å². The van der Waals surface area contributed by atoms with Crippen LogP contribution in [-0.2, 0) is 47.3 Å². The number of thioether (sulfide) groups is 4. The van der Waals surface area contributed by atoms with Crippen LogP contribution in [0.3, 0.4) is 0 Å². The van der Waals surface area contributed by atoms with Gasteiger partial charge in [0.15, 0.2) is 0 Å². The van der Waals surface area contributed by atoms with E-state index in [0.29, 0.717) is 78.5 Å². The molecule has 0 fully saturated rings. The van der Waals surface area contributed by atoms with Crippen molar-refractivity contribution in [3.05, 3.63) is 354 Å². The molecule has 0 amide bonds. The number of fused-ring (bicyclic) bond motifs is 8. The molecule has 0 saturated heterocycles. The molecule has 8 bridgehead atoms. The van der Waals surface area contributed by atoms with E-state index < -0.39 is 0 Å². The van der Waals surface area contributed by atoms with Crippen molar-refractivity contribution in [2.45, 2.75) is 201 Å². The van der Waals surface area contributed by atoms with Crippen LogP contribution < -0.4 is 37.9 Å². The largest absolute Gasteiger partial charge is 0.494 e. The van der Waals surface area contributed by atoms with E-state index >= 15 is 0 Å². The molecular formula is C120H128O8S4. The van der Waals surface area contributed by atoms with E-state index in [2.05, 4.69) is 301 Å². The van der Waals surface area contributed by atoms with Crippen LogP contribution in [0.25, 0.3) is 0 Å². The summed E-state index contributed by atoms with van der Waals surface area (Å²) >= 11 is 6.91. The SMILES string of the molecule is CSc1ccc(C#Cc2ccc(OCCCCOc3c4cc(C(C)(C)C)cc3Cc3cc(C(C)(C)C)cc(c3OCCCCOc3ccc(C#Cc5ccc(SC)cc5)cc3)Cc3cc(C(C)(C)C)cc(c3OCCCCOc3ccc(C#Cc5ccc(SC)cc5)cc3)Cc3cc(C(C)(C)C)cc(c3OCCCCOc3ccc(C#Cc5ccc(SC)cc5)cc3)C4)cc2)cc1. The number of rotatable bonds is 32. The van der Waals surface area contributed by atoms with Crippen molar-refractivity contribution < 1.29 is 37.9 Å². The lowest BCUT2D eigenvalue weighted by Crippen LogP contribution is -2.18. The zero-order chi connectivity index (χ0) is 93.0. The van der Waals surface area contributed by atoms with Crippen molar-refractivity contribution in [3.8, 4) is 93.4 Å². The van der Waals surface area contributed by atoms with E-state index in [1.165, 1.54) is 41.8 Å². The Kier molecular flexibility index (Phi) is 35.2. The summed E-state index contributed by atoms with van der Waals surface area (Å²) < 4.78 is 56.0. The van der Waals surface area contributed by atoms with Gasteiger partial charge >= 0.3 is 0 Å². The Morgan fingerprint density at radius 2 is 0.333 bits per heavy atom. The maximum Gasteiger partial charge on any atom is 0.126 e. The second-order valence-electron chi connectivity index (χ2n) is 37.8. The molecule has 1 aliphatic rings. The minimum absolute atomic E-state index is 0.251. The standard InChI is InChI=1S/C120H128O8S4/c1-117(2,3)101-77-93-73-95-79-102(118(4,5)6)81-97(114(95)126-70-22-18-66-122-106-51-35-86(36-52-106)26-30-90-43-59-110(130-14)60-44-90)75-99-83-104(120(10,11)12)84-100(116(99)128-72-24-20-68-124-108-55-39-88(40-56-108)28-32-92-47-63-112(132-16)64-48-92)76-98-82-103(119(7,8)9)80-96(115(98)127-71-23-19-67-123-107-53-37-87(38-54-107)27-31-91-45-61-111(131-15)62-46-91)74-94(78-101)113(93)125-69-21-17-65-121-105-49-33-85(34-50-105)25-29-89-41-57-109(129-13)58-42-89/h33-64,77-84H,17-24,65-76H2,1-16H3. The fourth-order valence-electron chi connectivity index (χ4n) is 15.4. The zero-order valence-electron chi connectivity index (χ0n) is 80.1. The fourth-order valence-corrected chi connectivity index (χ4v) is 17.1. The Bertz CT molecular complexity index is 5230. The quantitative estimate of drug-likeness (QED) is 0.0229. The maximum atomic E-state index is 7.54. The molecule has 12 aromatic carbocycles. The average molecular weight is 1830 g/mol. The third-order valence-corrected chi connectivity index (χ3v) is 26.3. The number of hydrogen-bond acceptors (Lipinski definition) is 12. The van der Waals surface area contributed by atoms with Crippen LogP contribution in [-0.4, -0.2) is 77.9 Å². The van der Waals surface area contributed by atoms with Gasteiger partial charge in [-0.3, -0.25) is 0 Å². The van der Waals surface area contributed by atoms with Gasteiger partial charge in [-0.25, -0.2) is 0 Å². The summed E-state index contributed by atoms with van der Waals surface area (Å²) in [5.74, 6) is 33.4. The summed E-state index contributed by atoms with van der Waals surface area (Å²) in [4.78, 5) is 4.88. The first-order chi connectivity index (χ1) is 63.7. The summed E-state index contributed by atoms with van der Waals surface area (Å²) in [6.45, 7) is 32.0. The Morgan fingerprint density at radius 1 is 0.197 bits per heavy atom. The van der Waals surface area contributed by atoms with Crippen molar-refractivity contribution in [2.24, 2.45) is 0 Å². The first-order valence-corrected chi connectivity index (χ1v) is 51.3. The van der Waals surface area contributed by atoms with Crippen molar-refractivity contribution in [1.29, 1.82) is 0 Å². The van der Waals surface area contributed by atoms with Gasteiger partial charge in [-0.15, -0.1) is 47.0 Å². The van der Waals surface area contributed by atoms with Gasteiger partial charge in [0.25, 0.3) is 0 Å². The molecule has 0 unspecified atom stereocenters. The molecule has 680 valence electrons. The van der Waals surface area contributed by atoms with E-state index in [4.69, 9.17) is 37.9 Å². The molecular weight excluding hydrogens is 1700 g/mol. The Labute approximate surface area is 805 Å². The van der Waals surface area contributed by atoms with Crippen LogP contribution in [0.4, 0.5) is 0 Å². The summed E-state index contributed by atoms with van der Waals surface area (Å²) in [6, 6.07) is 85.4. The van der Waals surface area contributed by atoms with Crippen LogP contribution in [0.2, 0.25) is 0 Å². The van der Waals surface area contributed by atoms with Crippen LogP contribution in [0.5, 0.6) is 46.0 Å². The Balaban J connectivity index is 0.851. The van der Waals surface area contributed by atoms with E-state index in [9.17, 15) is 0 Å². The minimum Gasteiger partial charge on any atom is -0.494 e. The Morgan fingerprint density at radius 3 is 0.470 bits per heavy atom. The summed E-state index contributed by atoms with van der Waals surface area (Å²) in [5.41, 5.74) is 20.4. The van der Waals surface area contributed by atoms with Gasteiger partial charge in [0.05, 0.1) is 52.9 Å². The molecule has 0 spiro atoms. The molecule has 0 N–H and O–H groups in total. The number of hydrogen-bond donors (Lipinski definition) is 0. The lowest BCUT2D eigenvalue weighted by Gasteiger charge is -2.29. The van der Waals surface area contributed by atoms with E-state index in [0.717, 1.165) is 186 Å². The monoisotopic (exact) mass is 1820 g/mol. The summed E-state index contributed by atoms with van der Waals surface area (Å²) in [7, 11) is 0. The third kappa shape index (κ3) is 29.3. The van der Waals surface area contributed by atoms with Gasteiger partial charge in [-0.05, 0) is 359 Å². The van der Waals surface area contributed by atoms with Gasteiger partial charge in [0.2, 0.25) is 0 Å². The number of benzene rings is 12. The lowest BCUT2D eigenvalue weighted by atomic mass is 9.79. The predicted octanol–water partition coefficient (Wildman–Crippen LogP) is 29.0. The molecule has 12 aromatic rings. The molecule has 0 atom stereocenters. The van der Waals surface area contributed by atoms with Crippen molar-refractivity contribution in [3.63, 3.8) is 0 Å². The van der Waals surface area contributed by atoms with Crippen LogP contribution in [0.15, 0.2) is 262 Å². The zero-order valence-corrected chi connectivity index (χ0v) is 83.4. The van der Waals surface area contributed by atoms with Crippen molar-refractivity contribution >= 4 is 47.0 Å². The predicted molar refractivity (Wildman–Crippen MR) is 555 cm³/mol. The highest BCUT2D eigenvalue weighted by Gasteiger charge is 2.31. The van der Waals surface area contributed by atoms with Gasteiger partial charge in [0.1, 0.15) is 46.0 Å². The highest BCUT2D eigenvalue weighted by atomic mass is 32.2. The molecule has 0 aliphatic heterocycles. The van der Waals surface area contributed by atoms with Crippen molar-refractivity contribution in [1.82, 2.24) is 0 Å². The molecule has 13 rings (SSSR count). The van der Waals surface area contributed by atoms with Crippen LogP contribution >= 0.6 is 47.0 Å². The summed E-state index contributed by atoms with van der Waals surface area (Å²) in [6.07, 6.45) is 16.7. The maximum absolute atomic E-state index is 7.54. The third-order valence-electron chi connectivity index (χ3n) is 23.4. The first-order valence-electron chi connectivity index (χ1n) is 46.4. The molecule has 132 heavy (non-hydrogen) atoms. The second kappa shape index (κ2) is 47.4. The molecule has 0 radical (unpaired) electrons. The fraction of sp³-hybridized carbons (Fsp3) is 0.333. The van der Waals surface area contributed by atoms with Gasteiger partial charge in [-0.2, -0.15) is 0 Å². The molecule has 12 heteroatoms. The number of unbranched alkanes of at least 4 members (excludes halogenated alkanes) is 4. The van der Waals surface area contributed by atoms with Gasteiger partial charge < -0.3 is 37.9 Å². The second-order valence-corrected chi connectivity index (χ2v) is 41.3. The van der Waals surface area contributed by atoms with Crippen molar-refractivity contribution in [2.75, 3.05) is 77.9 Å². The van der Waals surface area contributed by atoms with E-state index in [1.54, 1.807) is 47.0 Å². The Hall–Kier alpha value is -11.3. The molecule has 0 aromatic heterocycles. The highest BCUT2D eigenvalue weighted by Crippen LogP contribution is 2.46. The topological polar surface area (TPSA) is 73.8 Å². The van der Waals surface area contributed by atoms with Gasteiger partial charge in [0, 0.05) is 89.8 Å². The highest BCUT2D eigenvalue weighted by molar-refractivity contribution is 7.99. The molecule has 0 heterocycles. The minimum atomic E-state index is -0.251. The molecule has 8 nitrogen and oxygen atoms in total. The summed E-state index contributed by atoms with van der Waals surface area (Å²) in [5, 5.41) is 0. The van der Waals surface area contributed by atoms with Crippen LogP contribution in [0, 0.1) is 47.4 Å². The first kappa shape index (κ1) is 98.2. The lowest BCUT2D eigenvalue weighted by molar-refractivity contribution is 0.260. The van der Waals surface area contributed by atoms with E-state index in [1.807, 2.05) is 97.1 Å². The molecule has 0 saturated carbocycles. The average Bonchev–Trinajstić information content (AvgIpc) is 0.758. The number of ether oxygens (including phenoxy) is 8. The smallest absolute Gasteiger partial charge is 0.126 e.